The largest absolute Gasteiger partial charge is 0.381 e. The Morgan fingerprint density at radius 1 is 1.64 bits per heavy atom. The number of aromatic nitrogens is 2. The van der Waals surface area contributed by atoms with Crippen LogP contribution >= 0.6 is 15.9 Å². The number of halogens is 1. The molecule has 0 radical (unpaired) electrons. The van der Waals surface area contributed by atoms with Crippen LogP contribution in [0.1, 0.15) is 25.3 Å². The number of rotatable bonds is 2. The first-order valence-corrected chi connectivity index (χ1v) is 5.54. The number of anilines is 1. The predicted molar refractivity (Wildman–Crippen MR) is 58.0 cm³/mol. The van der Waals surface area contributed by atoms with E-state index in [1.807, 2.05) is 10.9 Å². The normalized spacial score (nSPS) is 27.0. The summed E-state index contributed by atoms with van der Waals surface area (Å²) in [5.41, 5.74) is 5.68. The van der Waals surface area contributed by atoms with Gasteiger partial charge < -0.3 is 10.5 Å². The van der Waals surface area contributed by atoms with E-state index in [0.29, 0.717) is 11.9 Å². The Bertz CT molecular complexity index is 306. The minimum Gasteiger partial charge on any atom is -0.381 e. The first-order valence-electron chi connectivity index (χ1n) is 4.75. The molecule has 1 aromatic rings. The van der Waals surface area contributed by atoms with Crippen molar-refractivity contribution in [1.82, 2.24) is 9.78 Å². The van der Waals surface area contributed by atoms with Crippen molar-refractivity contribution in [3.8, 4) is 0 Å². The second-order valence-electron chi connectivity index (χ2n) is 3.61. The number of nitrogens with two attached hydrogens (primary N) is 1. The van der Waals surface area contributed by atoms with Gasteiger partial charge in [-0.2, -0.15) is 5.10 Å². The summed E-state index contributed by atoms with van der Waals surface area (Å²) in [6.07, 6.45) is 5.63. The smallest absolute Gasteiger partial charge is 0.159 e. The second-order valence-corrected chi connectivity index (χ2v) is 4.47. The molecule has 2 unspecified atom stereocenters. The summed E-state index contributed by atoms with van der Waals surface area (Å²) in [4.78, 5) is 0. The molecule has 0 amide bonds. The van der Waals surface area contributed by atoms with Crippen LogP contribution in [0.4, 0.5) is 5.82 Å². The molecule has 2 rings (SSSR count). The monoisotopic (exact) mass is 259 g/mol. The van der Waals surface area contributed by atoms with Crippen LogP contribution in [-0.4, -0.2) is 23.0 Å². The number of methoxy groups -OCH3 is 1. The molecule has 1 saturated carbocycles. The van der Waals surface area contributed by atoms with Crippen LogP contribution in [-0.2, 0) is 4.74 Å². The van der Waals surface area contributed by atoms with Gasteiger partial charge in [-0.25, -0.2) is 0 Å². The third kappa shape index (κ3) is 1.66. The second kappa shape index (κ2) is 3.90. The van der Waals surface area contributed by atoms with Gasteiger partial charge in [0.25, 0.3) is 0 Å². The number of nitrogens with zero attached hydrogens (tertiary/aromatic N) is 2. The van der Waals surface area contributed by atoms with E-state index in [0.717, 1.165) is 17.3 Å². The summed E-state index contributed by atoms with van der Waals surface area (Å²) in [6.45, 7) is 0. The Kier molecular flexibility index (Phi) is 2.78. The minimum absolute atomic E-state index is 0.279. The maximum Gasteiger partial charge on any atom is 0.159 e. The standard InChI is InChI=1S/C9H14BrN3O/c1-14-8-4-2-3-7(8)13-5-6(10)9(11)12-13/h5,7-8H,2-4H2,1H3,(H2,11,12). The zero-order valence-electron chi connectivity index (χ0n) is 8.11. The highest BCUT2D eigenvalue weighted by molar-refractivity contribution is 9.10. The lowest BCUT2D eigenvalue weighted by Crippen LogP contribution is -2.21. The Balaban J connectivity index is 2.21. The average molecular weight is 260 g/mol. The van der Waals surface area contributed by atoms with Crippen molar-refractivity contribution < 1.29 is 4.74 Å². The summed E-state index contributed by atoms with van der Waals surface area (Å²) < 4.78 is 8.19. The molecule has 0 bridgehead atoms. The van der Waals surface area contributed by atoms with Crippen LogP contribution in [0, 0.1) is 0 Å². The number of hydrogen-bond donors (Lipinski definition) is 1. The quantitative estimate of drug-likeness (QED) is 0.884. The number of nitrogen functional groups attached to an aromatic ring is 1. The topological polar surface area (TPSA) is 53.1 Å². The Hall–Kier alpha value is -0.550. The van der Waals surface area contributed by atoms with Crippen LogP contribution in [0.15, 0.2) is 10.7 Å². The summed E-state index contributed by atoms with van der Waals surface area (Å²) >= 11 is 3.36. The van der Waals surface area contributed by atoms with Crippen molar-refractivity contribution in [1.29, 1.82) is 0 Å². The summed E-state index contributed by atoms with van der Waals surface area (Å²) in [6, 6.07) is 0.341. The molecule has 4 nitrogen and oxygen atoms in total. The van der Waals surface area contributed by atoms with Gasteiger partial charge in [0.2, 0.25) is 0 Å². The molecule has 0 aliphatic heterocycles. The van der Waals surface area contributed by atoms with Crippen molar-refractivity contribution in [2.24, 2.45) is 0 Å². The van der Waals surface area contributed by atoms with E-state index in [1.165, 1.54) is 6.42 Å². The Labute approximate surface area is 91.5 Å². The van der Waals surface area contributed by atoms with E-state index >= 15 is 0 Å². The van der Waals surface area contributed by atoms with Crippen molar-refractivity contribution in [3.05, 3.63) is 10.7 Å². The van der Waals surface area contributed by atoms with Crippen LogP contribution < -0.4 is 5.73 Å². The van der Waals surface area contributed by atoms with Gasteiger partial charge in [0, 0.05) is 13.3 Å². The SMILES string of the molecule is COC1CCCC1n1cc(Br)c(N)n1. The third-order valence-corrected chi connectivity index (χ3v) is 3.38. The van der Waals surface area contributed by atoms with E-state index < -0.39 is 0 Å². The van der Waals surface area contributed by atoms with Gasteiger partial charge in [0.05, 0.1) is 16.6 Å². The zero-order chi connectivity index (χ0) is 10.1. The highest BCUT2D eigenvalue weighted by Gasteiger charge is 2.29. The Morgan fingerprint density at radius 3 is 3.00 bits per heavy atom. The van der Waals surface area contributed by atoms with Gasteiger partial charge >= 0.3 is 0 Å². The average Bonchev–Trinajstić information content (AvgIpc) is 2.73. The first-order chi connectivity index (χ1) is 6.72. The van der Waals surface area contributed by atoms with Crippen molar-refractivity contribution in [2.75, 3.05) is 12.8 Å². The Morgan fingerprint density at radius 2 is 2.43 bits per heavy atom. The van der Waals surface area contributed by atoms with Crippen LogP contribution in [0.25, 0.3) is 0 Å². The predicted octanol–water partition coefficient (Wildman–Crippen LogP) is 1.97. The third-order valence-electron chi connectivity index (χ3n) is 2.77. The lowest BCUT2D eigenvalue weighted by molar-refractivity contribution is 0.0709. The molecule has 1 heterocycles. The zero-order valence-corrected chi connectivity index (χ0v) is 9.70. The lowest BCUT2D eigenvalue weighted by Gasteiger charge is -2.18. The molecule has 78 valence electrons. The van der Waals surface area contributed by atoms with Gasteiger partial charge in [0.1, 0.15) is 0 Å². The molecular weight excluding hydrogens is 246 g/mol. The fourth-order valence-corrected chi connectivity index (χ4v) is 2.33. The lowest BCUT2D eigenvalue weighted by atomic mass is 10.2. The maximum absolute atomic E-state index is 5.68. The van der Waals surface area contributed by atoms with E-state index in [-0.39, 0.29) is 6.10 Å². The fourth-order valence-electron chi connectivity index (χ4n) is 2.04. The maximum atomic E-state index is 5.68. The molecule has 0 spiro atoms. The highest BCUT2D eigenvalue weighted by Crippen LogP contribution is 2.33. The molecule has 2 N–H and O–H groups in total. The molecule has 1 aliphatic rings. The fraction of sp³-hybridized carbons (Fsp3) is 0.667. The minimum atomic E-state index is 0.279. The molecule has 0 saturated heterocycles. The molecular formula is C9H14BrN3O. The summed E-state index contributed by atoms with van der Waals surface area (Å²) in [5, 5.41) is 4.26. The summed E-state index contributed by atoms with van der Waals surface area (Å²) in [5.74, 6) is 0.548. The van der Waals surface area contributed by atoms with Gasteiger partial charge in [-0.05, 0) is 35.2 Å². The molecule has 1 fully saturated rings. The van der Waals surface area contributed by atoms with E-state index in [4.69, 9.17) is 10.5 Å². The molecule has 5 heteroatoms. The van der Waals surface area contributed by atoms with Gasteiger partial charge in [-0.15, -0.1) is 0 Å². The summed E-state index contributed by atoms with van der Waals surface area (Å²) in [7, 11) is 1.75. The van der Waals surface area contributed by atoms with Gasteiger partial charge in [-0.1, -0.05) is 0 Å². The van der Waals surface area contributed by atoms with Gasteiger partial charge in [-0.3, -0.25) is 4.68 Å². The van der Waals surface area contributed by atoms with Crippen LogP contribution in [0.2, 0.25) is 0 Å². The number of hydrogen-bond acceptors (Lipinski definition) is 3. The van der Waals surface area contributed by atoms with Crippen LogP contribution in [0.3, 0.4) is 0 Å². The van der Waals surface area contributed by atoms with Crippen molar-refractivity contribution in [2.45, 2.75) is 31.4 Å². The molecule has 2 atom stereocenters. The molecule has 0 aromatic carbocycles. The van der Waals surface area contributed by atoms with Crippen molar-refractivity contribution >= 4 is 21.7 Å². The van der Waals surface area contributed by atoms with Gasteiger partial charge in [0.15, 0.2) is 5.82 Å². The molecule has 1 aliphatic carbocycles. The van der Waals surface area contributed by atoms with E-state index in [2.05, 4.69) is 21.0 Å². The van der Waals surface area contributed by atoms with E-state index in [9.17, 15) is 0 Å². The highest BCUT2D eigenvalue weighted by atomic mass is 79.9. The molecule has 1 aromatic heterocycles. The first kappa shape index (κ1) is 9.98. The van der Waals surface area contributed by atoms with Crippen LogP contribution in [0.5, 0.6) is 0 Å². The van der Waals surface area contributed by atoms with E-state index in [1.54, 1.807) is 7.11 Å². The molecule has 14 heavy (non-hydrogen) atoms. The van der Waals surface area contributed by atoms with Crippen molar-refractivity contribution in [3.63, 3.8) is 0 Å². The number of ether oxygens (including phenoxy) is 1.